The van der Waals surface area contributed by atoms with Crippen LogP contribution in [-0.2, 0) is 9.73 Å². The number of aromatic nitrogens is 5. The molecule has 0 bridgehead atoms. The van der Waals surface area contributed by atoms with Crippen LogP contribution in [0, 0.1) is 0 Å². The molecule has 15 heteroatoms. The van der Waals surface area contributed by atoms with Crippen molar-refractivity contribution in [1.29, 1.82) is 0 Å². The molecular formula is C27H32F3N9O2S. The lowest BCUT2D eigenvalue weighted by Gasteiger charge is -2.36. The summed E-state index contributed by atoms with van der Waals surface area (Å²) in [5.74, 6) is 0.933. The molecule has 0 radical (unpaired) electrons. The van der Waals surface area contributed by atoms with Crippen molar-refractivity contribution >= 4 is 43.9 Å². The number of pyridine rings is 1. The Bertz CT molecular complexity index is 1760. The summed E-state index contributed by atoms with van der Waals surface area (Å²) >= 11 is 0. The summed E-state index contributed by atoms with van der Waals surface area (Å²) in [4.78, 5) is 30.3. The maximum absolute atomic E-state index is 13.3. The molecule has 11 nitrogen and oxygen atoms in total. The molecule has 1 N–H and O–H groups in total. The number of nitrogens with zero attached hydrogens (tertiary/aromatic N) is 8. The summed E-state index contributed by atoms with van der Waals surface area (Å²) < 4.78 is 57.7. The van der Waals surface area contributed by atoms with Crippen LogP contribution >= 0.6 is 0 Å². The van der Waals surface area contributed by atoms with Gasteiger partial charge in [-0.2, -0.15) is 22.5 Å². The predicted molar refractivity (Wildman–Crippen MR) is 158 cm³/mol. The smallest absolute Gasteiger partial charge is 0.369 e. The number of piperazine rings is 1. The molecule has 0 atom stereocenters. The van der Waals surface area contributed by atoms with Gasteiger partial charge in [0, 0.05) is 72.0 Å². The van der Waals surface area contributed by atoms with E-state index in [1.165, 1.54) is 28.3 Å². The van der Waals surface area contributed by atoms with Crippen LogP contribution in [0.25, 0.3) is 16.9 Å². The fourth-order valence-corrected chi connectivity index (χ4v) is 5.41. The zero-order valence-electron chi connectivity index (χ0n) is 23.7. The Morgan fingerprint density at radius 2 is 1.71 bits per heavy atom. The quantitative estimate of drug-likeness (QED) is 0.332. The summed E-state index contributed by atoms with van der Waals surface area (Å²) in [5.41, 5.74) is 1.68. The SMILES string of the molecule is CC(C)n1c(=O)c2cnc(Nc3ccc(N4CCN(CC(F)(F)F)CC4)cc3)nc2n1-c1cccc(N=S(C)(C)=O)n1. The normalized spacial score (nSPS) is 15.0. The molecule has 1 aromatic carbocycles. The molecule has 0 aliphatic carbocycles. The van der Waals surface area contributed by atoms with Crippen LogP contribution in [-0.4, -0.2) is 84.8 Å². The van der Waals surface area contributed by atoms with Gasteiger partial charge in [-0.15, -0.1) is 0 Å². The molecule has 0 amide bonds. The van der Waals surface area contributed by atoms with Crippen molar-refractivity contribution in [2.45, 2.75) is 26.1 Å². The van der Waals surface area contributed by atoms with E-state index < -0.39 is 22.5 Å². The largest absolute Gasteiger partial charge is 0.401 e. The van der Waals surface area contributed by atoms with Gasteiger partial charge < -0.3 is 10.2 Å². The van der Waals surface area contributed by atoms with E-state index in [-0.39, 0.29) is 23.4 Å². The van der Waals surface area contributed by atoms with Crippen LogP contribution in [0.3, 0.4) is 0 Å². The van der Waals surface area contributed by atoms with Gasteiger partial charge in [-0.25, -0.2) is 23.5 Å². The number of benzene rings is 1. The summed E-state index contributed by atoms with van der Waals surface area (Å²) in [6, 6.07) is 12.3. The second kappa shape index (κ2) is 11.4. The van der Waals surface area contributed by atoms with Gasteiger partial charge in [-0.05, 0) is 50.2 Å². The zero-order valence-corrected chi connectivity index (χ0v) is 24.5. The van der Waals surface area contributed by atoms with Gasteiger partial charge in [-0.3, -0.25) is 9.69 Å². The molecule has 0 spiro atoms. The third-order valence-electron chi connectivity index (χ3n) is 6.63. The minimum atomic E-state index is -4.20. The first kappa shape index (κ1) is 29.5. The first-order valence-electron chi connectivity index (χ1n) is 13.3. The van der Waals surface area contributed by atoms with Crippen LogP contribution in [0.4, 0.5) is 36.3 Å². The molecular weight excluding hydrogens is 571 g/mol. The maximum Gasteiger partial charge on any atom is 0.401 e. The Balaban J connectivity index is 1.41. The van der Waals surface area contributed by atoms with Crippen LogP contribution in [0.2, 0.25) is 0 Å². The number of hydrogen-bond acceptors (Lipinski definition) is 9. The maximum atomic E-state index is 13.3. The van der Waals surface area contributed by atoms with E-state index >= 15 is 0 Å². The third-order valence-corrected chi connectivity index (χ3v) is 7.25. The van der Waals surface area contributed by atoms with Gasteiger partial charge in [-0.1, -0.05) is 6.07 Å². The highest BCUT2D eigenvalue weighted by atomic mass is 32.2. The Morgan fingerprint density at radius 1 is 1.02 bits per heavy atom. The lowest BCUT2D eigenvalue weighted by atomic mass is 10.2. The van der Waals surface area contributed by atoms with Crippen molar-refractivity contribution in [1.82, 2.24) is 29.2 Å². The fraction of sp³-hybridized carbons (Fsp3) is 0.407. The standard InChI is InChI=1S/C27H32F3N9O2S/c1-18(2)38-25(40)21-16-31-26(34-24(21)39(38)23-7-5-6-22(33-23)35-42(3,4)41)32-19-8-10-20(11-9-19)37-14-12-36(13-15-37)17-27(28,29)30/h5-11,16,18H,12-15,17H2,1-4H3,(H,31,32,34). The molecule has 3 aromatic heterocycles. The summed E-state index contributed by atoms with van der Waals surface area (Å²) in [7, 11) is -2.45. The average Bonchev–Trinajstić information content (AvgIpc) is 3.20. The van der Waals surface area contributed by atoms with E-state index in [1.54, 1.807) is 22.9 Å². The Kier molecular flexibility index (Phi) is 7.98. The first-order valence-corrected chi connectivity index (χ1v) is 15.7. The molecule has 42 heavy (non-hydrogen) atoms. The monoisotopic (exact) mass is 603 g/mol. The van der Waals surface area contributed by atoms with Crippen molar-refractivity contribution in [2.24, 2.45) is 4.36 Å². The molecule has 1 saturated heterocycles. The van der Waals surface area contributed by atoms with Gasteiger partial charge in [0.15, 0.2) is 17.3 Å². The van der Waals surface area contributed by atoms with E-state index in [1.807, 2.05) is 38.1 Å². The fourth-order valence-electron chi connectivity index (χ4n) is 4.85. The topological polar surface area (TPSA) is 114 Å². The van der Waals surface area contributed by atoms with Crippen molar-refractivity contribution in [2.75, 3.05) is 55.5 Å². The Morgan fingerprint density at radius 3 is 2.33 bits per heavy atom. The van der Waals surface area contributed by atoms with Gasteiger partial charge in [0.05, 0.1) is 6.54 Å². The third kappa shape index (κ3) is 6.73. The highest BCUT2D eigenvalue weighted by molar-refractivity contribution is 7.92. The number of alkyl halides is 3. The number of nitrogens with one attached hydrogen (secondary N) is 1. The number of anilines is 3. The lowest BCUT2D eigenvalue weighted by Crippen LogP contribution is -2.49. The van der Waals surface area contributed by atoms with Crippen LogP contribution in [0.1, 0.15) is 19.9 Å². The second-order valence-electron chi connectivity index (χ2n) is 10.7. The predicted octanol–water partition coefficient (Wildman–Crippen LogP) is 4.35. The summed E-state index contributed by atoms with van der Waals surface area (Å²) in [6.07, 6.45) is 0.314. The zero-order chi connectivity index (χ0) is 30.2. The van der Waals surface area contributed by atoms with Crippen LogP contribution in [0.5, 0.6) is 0 Å². The molecule has 1 aliphatic rings. The highest BCUT2D eigenvalue weighted by Crippen LogP contribution is 2.25. The van der Waals surface area contributed by atoms with E-state index in [2.05, 4.69) is 29.5 Å². The van der Waals surface area contributed by atoms with Crippen molar-refractivity contribution in [3.63, 3.8) is 0 Å². The van der Waals surface area contributed by atoms with Crippen LogP contribution < -0.4 is 15.8 Å². The Labute approximate surface area is 241 Å². The molecule has 4 heterocycles. The molecule has 0 saturated carbocycles. The van der Waals surface area contributed by atoms with Crippen molar-refractivity contribution in [3.05, 3.63) is 59.0 Å². The first-order chi connectivity index (χ1) is 19.8. The Hall–Kier alpha value is -3.98. The lowest BCUT2D eigenvalue weighted by molar-refractivity contribution is -0.146. The molecule has 5 rings (SSSR count). The van der Waals surface area contributed by atoms with Gasteiger partial charge >= 0.3 is 6.18 Å². The summed E-state index contributed by atoms with van der Waals surface area (Å²) in [6.45, 7) is 4.55. The minimum absolute atomic E-state index is 0.227. The van der Waals surface area contributed by atoms with Crippen LogP contribution in [0.15, 0.2) is 57.8 Å². The van der Waals surface area contributed by atoms with E-state index in [4.69, 9.17) is 0 Å². The van der Waals surface area contributed by atoms with Crippen molar-refractivity contribution < 1.29 is 17.4 Å². The van der Waals surface area contributed by atoms with Gasteiger partial charge in [0.25, 0.3) is 5.56 Å². The van der Waals surface area contributed by atoms with Gasteiger partial charge in [0.1, 0.15) is 5.39 Å². The molecule has 1 aliphatic heterocycles. The number of hydrogen-bond donors (Lipinski definition) is 1. The number of halogens is 3. The highest BCUT2D eigenvalue weighted by Gasteiger charge is 2.32. The van der Waals surface area contributed by atoms with Gasteiger partial charge in [0.2, 0.25) is 5.95 Å². The second-order valence-corrected chi connectivity index (χ2v) is 13.2. The van der Waals surface area contributed by atoms with E-state index in [0.717, 1.165) is 5.69 Å². The van der Waals surface area contributed by atoms with Crippen molar-refractivity contribution in [3.8, 4) is 5.82 Å². The number of rotatable bonds is 7. The molecule has 0 unspecified atom stereocenters. The molecule has 4 aromatic rings. The number of fused-ring (bicyclic) bond motifs is 1. The average molecular weight is 604 g/mol. The van der Waals surface area contributed by atoms with E-state index in [9.17, 15) is 22.2 Å². The minimum Gasteiger partial charge on any atom is -0.369 e. The molecule has 224 valence electrons. The van der Waals surface area contributed by atoms with E-state index in [0.29, 0.717) is 48.7 Å². The molecule has 1 fully saturated rings. The summed E-state index contributed by atoms with van der Waals surface area (Å²) in [5, 5.41) is 3.48.